The van der Waals surface area contributed by atoms with Crippen molar-refractivity contribution < 1.29 is 18.7 Å². The van der Waals surface area contributed by atoms with Crippen LogP contribution in [0, 0.1) is 9.39 Å². The number of hydrogen-bond donors (Lipinski definition) is 1. The summed E-state index contributed by atoms with van der Waals surface area (Å²) in [5.41, 5.74) is 1.07. The fraction of sp³-hybridized carbons (Fsp3) is 0.176. The first kappa shape index (κ1) is 17.4. The predicted molar refractivity (Wildman–Crippen MR) is 92.5 cm³/mol. The van der Waals surface area contributed by atoms with Crippen molar-refractivity contribution in [2.24, 2.45) is 0 Å². The molecule has 0 heterocycles. The molecule has 0 spiro atoms. The zero-order valence-electron chi connectivity index (χ0n) is 12.4. The third-order valence-electron chi connectivity index (χ3n) is 3.26. The van der Waals surface area contributed by atoms with Gasteiger partial charge in [-0.1, -0.05) is 24.3 Å². The highest BCUT2D eigenvalue weighted by atomic mass is 127. The van der Waals surface area contributed by atoms with Crippen LogP contribution in [0.4, 0.5) is 4.39 Å². The number of benzene rings is 2. The van der Waals surface area contributed by atoms with Crippen LogP contribution in [-0.2, 0) is 16.0 Å². The summed E-state index contributed by atoms with van der Waals surface area (Å²) in [6.07, 6.45) is 0.298. The Bertz CT molecular complexity index is 720. The summed E-state index contributed by atoms with van der Waals surface area (Å²) in [6, 6.07) is 12.0. The molecule has 23 heavy (non-hydrogen) atoms. The molecule has 1 N–H and O–H groups in total. The zero-order valence-corrected chi connectivity index (χ0v) is 14.5. The minimum Gasteiger partial charge on any atom is -0.467 e. The first-order valence-electron chi connectivity index (χ1n) is 6.89. The molecular formula is C17H15FINO3. The van der Waals surface area contributed by atoms with Gasteiger partial charge in [0.2, 0.25) is 0 Å². The van der Waals surface area contributed by atoms with E-state index in [4.69, 9.17) is 4.74 Å². The summed E-state index contributed by atoms with van der Waals surface area (Å²) >= 11 is 2.16. The van der Waals surface area contributed by atoms with E-state index in [-0.39, 0.29) is 5.56 Å². The molecule has 0 aromatic heterocycles. The molecule has 120 valence electrons. The van der Waals surface area contributed by atoms with Gasteiger partial charge in [0.05, 0.1) is 7.11 Å². The average Bonchev–Trinajstić information content (AvgIpc) is 2.55. The van der Waals surface area contributed by atoms with Crippen molar-refractivity contribution in [1.82, 2.24) is 5.32 Å². The number of carbonyl (C=O) groups is 2. The number of ether oxygens (including phenoxy) is 1. The van der Waals surface area contributed by atoms with Crippen LogP contribution in [0.2, 0.25) is 0 Å². The van der Waals surface area contributed by atoms with E-state index in [0.29, 0.717) is 6.42 Å². The number of hydrogen-bond acceptors (Lipinski definition) is 3. The smallest absolute Gasteiger partial charge is 0.328 e. The Morgan fingerprint density at radius 2 is 1.96 bits per heavy atom. The van der Waals surface area contributed by atoms with Gasteiger partial charge in [-0.2, -0.15) is 0 Å². The number of esters is 1. The number of amides is 1. The quantitative estimate of drug-likeness (QED) is 0.590. The van der Waals surface area contributed by atoms with Crippen LogP contribution in [0.15, 0.2) is 48.5 Å². The maximum Gasteiger partial charge on any atom is 0.328 e. The Balaban J connectivity index is 2.17. The normalized spacial score (nSPS) is 11.6. The molecule has 0 saturated heterocycles. The van der Waals surface area contributed by atoms with Crippen LogP contribution >= 0.6 is 22.6 Å². The second-order valence-corrected chi connectivity index (χ2v) is 6.02. The fourth-order valence-corrected chi connectivity index (χ4v) is 2.70. The van der Waals surface area contributed by atoms with E-state index in [0.717, 1.165) is 15.2 Å². The molecule has 6 heteroatoms. The SMILES string of the molecule is COC(=O)[C@H](Cc1ccccc1I)NC(=O)c1cccc(F)c1. The molecule has 0 aliphatic heterocycles. The molecular weight excluding hydrogens is 412 g/mol. The molecule has 1 amide bonds. The van der Waals surface area contributed by atoms with Gasteiger partial charge in [-0.05, 0) is 52.4 Å². The Kier molecular flexibility index (Phi) is 6.09. The molecule has 0 aliphatic rings. The van der Waals surface area contributed by atoms with Gasteiger partial charge >= 0.3 is 5.97 Å². The summed E-state index contributed by atoms with van der Waals surface area (Å²) < 4.78 is 19.0. The second-order valence-electron chi connectivity index (χ2n) is 4.86. The summed E-state index contributed by atoms with van der Waals surface area (Å²) in [7, 11) is 1.26. The molecule has 1 atom stereocenters. The van der Waals surface area contributed by atoms with Gasteiger partial charge in [0.15, 0.2) is 0 Å². The van der Waals surface area contributed by atoms with Gasteiger partial charge in [0.25, 0.3) is 5.91 Å². The second kappa shape index (κ2) is 8.05. The largest absolute Gasteiger partial charge is 0.467 e. The summed E-state index contributed by atoms with van der Waals surface area (Å²) in [4.78, 5) is 24.2. The highest BCUT2D eigenvalue weighted by Gasteiger charge is 2.23. The lowest BCUT2D eigenvalue weighted by Gasteiger charge is -2.17. The van der Waals surface area contributed by atoms with Crippen molar-refractivity contribution in [2.75, 3.05) is 7.11 Å². The molecule has 0 unspecified atom stereocenters. The van der Waals surface area contributed by atoms with E-state index in [1.54, 1.807) is 0 Å². The lowest BCUT2D eigenvalue weighted by atomic mass is 10.1. The Labute approximate surface area is 147 Å². The molecule has 0 aliphatic carbocycles. The van der Waals surface area contributed by atoms with Crippen LogP contribution in [0.5, 0.6) is 0 Å². The third-order valence-corrected chi connectivity index (χ3v) is 4.31. The van der Waals surface area contributed by atoms with E-state index in [2.05, 4.69) is 27.9 Å². The molecule has 2 aromatic carbocycles. The van der Waals surface area contributed by atoms with Crippen LogP contribution in [-0.4, -0.2) is 25.0 Å². The van der Waals surface area contributed by atoms with Crippen LogP contribution in [0.3, 0.4) is 0 Å². The topological polar surface area (TPSA) is 55.4 Å². The van der Waals surface area contributed by atoms with Gasteiger partial charge < -0.3 is 10.1 Å². The first-order chi connectivity index (χ1) is 11.0. The monoisotopic (exact) mass is 427 g/mol. The van der Waals surface area contributed by atoms with Crippen molar-refractivity contribution in [2.45, 2.75) is 12.5 Å². The van der Waals surface area contributed by atoms with Gasteiger partial charge in [-0.3, -0.25) is 4.79 Å². The van der Waals surface area contributed by atoms with Crippen molar-refractivity contribution in [3.8, 4) is 0 Å². The molecule has 0 radical (unpaired) electrons. The number of carbonyl (C=O) groups excluding carboxylic acids is 2. The van der Waals surface area contributed by atoms with E-state index >= 15 is 0 Å². The van der Waals surface area contributed by atoms with Gasteiger partial charge in [0.1, 0.15) is 11.9 Å². The van der Waals surface area contributed by atoms with Gasteiger partial charge in [0, 0.05) is 15.6 Å². The average molecular weight is 427 g/mol. The van der Waals surface area contributed by atoms with Crippen molar-refractivity contribution in [3.05, 3.63) is 69.0 Å². The summed E-state index contributed by atoms with van der Waals surface area (Å²) in [6.45, 7) is 0. The van der Waals surface area contributed by atoms with Crippen LogP contribution < -0.4 is 5.32 Å². The van der Waals surface area contributed by atoms with Crippen molar-refractivity contribution in [3.63, 3.8) is 0 Å². The van der Waals surface area contributed by atoms with E-state index in [1.165, 1.54) is 25.3 Å². The first-order valence-corrected chi connectivity index (χ1v) is 7.97. The molecule has 0 fully saturated rings. The van der Waals surface area contributed by atoms with Crippen molar-refractivity contribution in [1.29, 1.82) is 0 Å². The number of rotatable bonds is 5. The number of halogens is 2. The maximum atomic E-state index is 13.2. The Morgan fingerprint density at radius 3 is 2.61 bits per heavy atom. The number of nitrogens with one attached hydrogen (secondary N) is 1. The molecule has 0 saturated carbocycles. The molecule has 2 aromatic rings. The Hall–Kier alpha value is -1.96. The highest BCUT2D eigenvalue weighted by Crippen LogP contribution is 2.14. The minimum atomic E-state index is -0.841. The van der Waals surface area contributed by atoms with Gasteiger partial charge in [-0.15, -0.1) is 0 Å². The number of methoxy groups -OCH3 is 1. The molecule has 4 nitrogen and oxygen atoms in total. The van der Waals surface area contributed by atoms with Crippen LogP contribution in [0.1, 0.15) is 15.9 Å². The highest BCUT2D eigenvalue weighted by molar-refractivity contribution is 14.1. The predicted octanol–water partition coefficient (Wildman–Crippen LogP) is 2.94. The lowest BCUT2D eigenvalue weighted by molar-refractivity contribution is -0.142. The van der Waals surface area contributed by atoms with Crippen LogP contribution in [0.25, 0.3) is 0 Å². The van der Waals surface area contributed by atoms with E-state index < -0.39 is 23.7 Å². The van der Waals surface area contributed by atoms with Gasteiger partial charge in [-0.25, -0.2) is 9.18 Å². The van der Waals surface area contributed by atoms with E-state index in [9.17, 15) is 14.0 Å². The third kappa shape index (κ3) is 4.75. The van der Waals surface area contributed by atoms with Crippen molar-refractivity contribution >= 4 is 34.5 Å². The molecule has 0 bridgehead atoms. The summed E-state index contributed by atoms with van der Waals surface area (Å²) in [5, 5.41) is 2.60. The summed E-state index contributed by atoms with van der Waals surface area (Å²) in [5.74, 6) is -1.58. The van der Waals surface area contributed by atoms with E-state index in [1.807, 2.05) is 24.3 Å². The standard InChI is InChI=1S/C17H15FINO3/c1-23-17(22)15(10-11-5-2-3-8-14(11)19)20-16(21)12-6-4-7-13(18)9-12/h2-9,15H,10H2,1H3,(H,20,21)/t15-/m0/s1. The Morgan fingerprint density at radius 1 is 1.22 bits per heavy atom. The fourth-order valence-electron chi connectivity index (χ4n) is 2.09. The zero-order chi connectivity index (χ0) is 16.8. The molecule has 2 rings (SSSR count). The maximum absolute atomic E-state index is 13.2. The lowest BCUT2D eigenvalue weighted by Crippen LogP contribution is -2.43. The minimum absolute atomic E-state index is 0.154.